The lowest BCUT2D eigenvalue weighted by Gasteiger charge is -2.45. The Morgan fingerprint density at radius 1 is 1.05 bits per heavy atom. The van der Waals surface area contributed by atoms with E-state index in [0.29, 0.717) is 25.9 Å². The van der Waals surface area contributed by atoms with Gasteiger partial charge in [0.25, 0.3) is 0 Å². The van der Waals surface area contributed by atoms with E-state index < -0.39 is 51.7 Å². The third kappa shape index (κ3) is 4.95. The molecule has 2 bridgehead atoms. The predicted octanol–water partition coefficient (Wildman–Crippen LogP) is 3.56. The van der Waals surface area contributed by atoms with Gasteiger partial charge in [0.1, 0.15) is 0 Å². The van der Waals surface area contributed by atoms with Gasteiger partial charge in [-0.05, 0) is 79.2 Å². The van der Waals surface area contributed by atoms with Crippen molar-refractivity contribution in [3.8, 4) is 0 Å². The van der Waals surface area contributed by atoms with E-state index in [1.165, 1.54) is 11.1 Å². The highest BCUT2D eigenvalue weighted by atomic mass is 32.2. The average molecular weight is 575 g/mol. The van der Waals surface area contributed by atoms with E-state index in [-0.39, 0.29) is 35.3 Å². The summed E-state index contributed by atoms with van der Waals surface area (Å²) in [5.74, 6) is -3.51. The van der Waals surface area contributed by atoms with E-state index >= 15 is 0 Å². The summed E-state index contributed by atoms with van der Waals surface area (Å²) >= 11 is 0. The minimum atomic E-state index is -3.62. The molecule has 1 heterocycles. The van der Waals surface area contributed by atoms with Gasteiger partial charge in [-0.3, -0.25) is 14.4 Å². The summed E-state index contributed by atoms with van der Waals surface area (Å²) in [4.78, 5) is 35.8. The van der Waals surface area contributed by atoms with Crippen molar-refractivity contribution in [3.63, 3.8) is 0 Å². The van der Waals surface area contributed by atoms with Crippen LogP contribution >= 0.6 is 0 Å². The number of sulfonamides is 1. The molecule has 1 unspecified atom stereocenters. The Labute approximate surface area is 236 Å². The molecule has 1 aliphatic heterocycles. The number of hydrogen-bond acceptors (Lipinski definition) is 5. The Hall–Kier alpha value is -2.46. The summed E-state index contributed by atoms with van der Waals surface area (Å²) < 4.78 is 29.7. The van der Waals surface area contributed by atoms with E-state index in [1.54, 1.807) is 4.31 Å². The van der Waals surface area contributed by atoms with Crippen LogP contribution in [0.2, 0.25) is 0 Å². The number of amides is 1. The summed E-state index contributed by atoms with van der Waals surface area (Å²) in [6, 6.07) is 8.13. The quantitative estimate of drug-likeness (QED) is 0.388. The van der Waals surface area contributed by atoms with Gasteiger partial charge in [-0.15, -0.1) is 0 Å². The van der Waals surface area contributed by atoms with Crippen LogP contribution in [0.15, 0.2) is 24.3 Å². The van der Waals surface area contributed by atoms with Gasteiger partial charge < -0.3 is 15.5 Å². The van der Waals surface area contributed by atoms with Gasteiger partial charge in [-0.25, -0.2) is 12.7 Å². The van der Waals surface area contributed by atoms with Crippen molar-refractivity contribution in [3.05, 3.63) is 35.4 Å². The zero-order chi connectivity index (χ0) is 28.9. The van der Waals surface area contributed by atoms with E-state index in [4.69, 9.17) is 5.11 Å². The highest BCUT2D eigenvalue weighted by molar-refractivity contribution is 7.89. The Balaban J connectivity index is 1.32. The first-order valence-electron chi connectivity index (χ1n) is 14.6. The molecule has 2 saturated carbocycles. The number of benzene rings is 1. The second kappa shape index (κ2) is 10.4. The third-order valence-electron chi connectivity index (χ3n) is 11.2. The van der Waals surface area contributed by atoms with Crippen molar-refractivity contribution < 1.29 is 33.0 Å². The number of piperidine rings is 1. The molecule has 3 N–H and O–H groups in total. The number of rotatable bonds is 10. The first kappa shape index (κ1) is 29.0. The zero-order valence-corrected chi connectivity index (χ0v) is 24.3. The first-order chi connectivity index (χ1) is 18.8. The zero-order valence-electron chi connectivity index (χ0n) is 23.5. The number of hydrogen-bond donors (Lipinski definition) is 3. The van der Waals surface area contributed by atoms with Crippen LogP contribution in [0.5, 0.6) is 0 Å². The summed E-state index contributed by atoms with van der Waals surface area (Å²) in [7, 11) is -3.62. The molecule has 9 nitrogen and oxygen atoms in total. The maximum absolute atomic E-state index is 14.0. The second-order valence-corrected chi connectivity index (χ2v) is 15.2. The number of carboxylic acid groups (broad SMARTS) is 2. The summed E-state index contributed by atoms with van der Waals surface area (Å²) in [6.07, 6.45) is 5.11. The van der Waals surface area contributed by atoms with E-state index in [2.05, 4.69) is 43.4 Å². The standard InChI is InChI=1S/C30H42N2O7S/c1-28(2)22-10-12-30(28,24(18-22)31-27(37)21(17-26(35)36)7-8-25(33)34)19-40(38,39)32-15-13-29(14-16-32)11-9-20-5-3-4-6-23(20)29/h3-6,21-22,24H,7-19H2,1-2H3,(H,31,37)(H,33,34)(H,35,36)/t21?,22-,24+,30-/m1/s1. The summed E-state index contributed by atoms with van der Waals surface area (Å²) in [5, 5.41) is 21.4. The number of carboxylic acids is 2. The van der Waals surface area contributed by atoms with Crippen LogP contribution < -0.4 is 5.32 Å². The summed E-state index contributed by atoms with van der Waals surface area (Å²) in [5.41, 5.74) is 1.83. The molecule has 3 aliphatic carbocycles. The van der Waals surface area contributed by atoms with E-state index in [9.17, 15) is 27.9 Å². The maximum Gasteiger partial charge on any atom is 0.304 e. The molecule has 1 spiro atoms. The monoisotopic (exact) mass is 574 g/mol. The van der Waals surface area contributed by atoms with Gasteiger partial charge in [-0.2, -0.15) is 0 Å². The molecular formula is C30H42N2O7S. The maximum atomic E-state index is 14.0. The van der Waals surface area contributed by atoms with Gasteiger partial charge in [0.2, 0.25) is 15.9 Å². The molecule has 40 heavy (non-hydrogen) atoms. The van der Waals surface area contributed by atoms with E-state index in [1.807, 2.05) is 0 Å². The summed E-state index contributed by atoms with van der Waals surface area (Å²) in [6.45, 7) is 5.19. The van der Waals surface area contributed by atoms with Gasteiger partial charge in [-0.1, -0.05) is 38.1 Å². The van der Waals surface area contributed by atoms with Crippen LogP contribution in [0.3, 0.4) is 0 Å². The topological polar surface area (TPSA) is 141 Å². The van der Waals surface area contributed by atoms with Crippen molar-refractivity contribution in [1.82, 2.24) is 9.62 Å². The fraction of sp³-hybridized carbons (Fsp3) is 0.700. The van der Waals surface area contributed by atoms with Crippen LogP contribution in [-0.2, 0) is 36.2 Å². The molecule has 0 aromatic heterocycles. The molecular weight excluding hydrogens is 532 g/mol. The molecule has 1 saturated heterocycles. The molecule has 1 amide bonds. The van der Waals surface area contributed by atoms with Gasteiger partial charge >= 0.3 is 11.9 Å². The van der Waals surface area contributed by atoms with Gasteiger partial charge in [0.15, 0.2) is 0 Å². The fourth-order valence-electron chi connectivity index (χ4n) is 8.64. The molecule has 4 atom stereocenters. The molecule has 1 aromatic rings. The van der Waals surface area contributed by atoms with Crippen molar-refractivity contribution >= 4 is 27.9 Å². The normalized spacial score (nSPS) is 29.2. The molecule has 0 radical (unpaired) electrons. The first-order valence-corrected chi connectivity index (χ1v) is 16.2. The number of nitrogens with zero attached hydrogens (tertiary/aromatic N) is 1. The Morgan fingerprint density at radius 2 is 1.75 bits per heavy atom. The lowest BCUT2D eigenvalue weighted by Crippen LogP contribution is -2.55. The SMILES string of the molecule is CC1(C)[C@@H]2CC[C@@]1(CS(=O)(=O)N1CCC3(CCc4ccccc43)CC1)[C@@H](NC(=O)C(CCC(=O)O)CC(=O)O)C2. The van der Waals surface area contributed by atoms with E-state index in [0.717, 1.165) is 32.1 Å². The minimum Gasteiger partial charge on any atom is -0.481 e. The minimum absolute atomic E-state index is 0.0449. The number of nitrogens with one attached hydrogen (secondary N) is 1. The third-order valence-corrected chi connectivity index (χ3v) is 13.3. The number of aryl methyl sites for hydroxylation is 1. The Kier molecular flexibility index (Phi) is 7.57. The highest BCUT2D eigenvalue weighted by Gasteiger charge is 2.66. The van der Waals surface area contributed by atoms with Crippen molar-refractivity contribution in [1.29, 1.82) is 0 Å². The molecule has 220 valence electrons. The lowest BCUT2D eigenvalue weighted by atomic mass is 9.69. The molecule has 5 rings (SSSR count). The smallest absolute Gasteiger partial charge is 0.304 e. The molecule has 3 fully saturated rings. The van der Waals surface area contributed by atoms with Crippen LogP contribution in [0.1, 0.15) is 82.8 Å². The van der Waals surface area contributed by atoms with Crippen LogP contribution in [0.25, 0.3) is 0 Å². The lowest BCUT2D eigenvalue weighted by molar-refractivity contribution is -0.143. The largest absolute Gasteiger partial charge is 0.481 e. The van der Waals surface area contributed by atoms with Crippen LogP contribution in [-0.4, -0.2) is 65.7 Å². The van der Waals surface area contributed by atoms with Crippen molar-refractivity contribution in [2.45, 2.75) is 89.5 Å². The number of carbonyl (C=O) groups excluding carboxylic acids is 1. The van der Waals surface area contributed by atoms with Crippen LogP contribution in [0.4, 0.5) is 0 Å². The van der Waals surface area contributed by atoms with Gasteiger partial charge in [0, 0.05) is 36.9 Å². The van der Waals surface area contributed by atoms with Crippen molar-refractivity contribution in [2.24, 2.45) is 22.7 Å². The molecule has 1 aromatic carbocycles. The number of aliphatic carboxylic acids is 2. The highest BCUT2D eigenvalue weighted by Crippen LogP contribution is 2.66. The van der Waals surface area contributed by atoms with Crippen molar-refractivity contribution in [2.75, 3.05) is 18.8 Å². The Bertz CT molecular complexity index is 1280. The average Bonchev–Trinajstić information content (AvgIpc) is 3.43. The van der Waals surface area contributed by atoms with Gasteiger partial charge in [0.05, 0.1) is 12.2 Å². The second-order valence-electron chi connectivity index (χ2n) is 13.2. The molecule has 10 heteroatoms. The predicted molar refractivity (Wildman–Crippen MR) is 149 cm³/mol. The molecule has 4 aliphatic rings. The Morgan fingerprint density at radius 3 is 2.40 bits per heavy atom. The number of carbonyl (C=O) groups is 3. The van der Waals surface area contributed by atoms with Crippen LogP contribution in [0, 0.1) is 22.7 Å². The fourth-order valence-corrected chi connectivity index (χ4v) is 10.9. The number of fused-ring (bicyclic) bond motifs is 4.